The molecular formula is C16H27NO. The van der Waals surface area contributed by atoms with Crippen molar-refractivity contribution < 1.29 is 4.74 Å². The monoisotopic (exact) mass is 249 g/mol. The van der Waals surface area contributed by atoms with Crippen LogP contribution in [-0.4, -0.2) is 19.3 Å². The van der Waals surface area contributed by atoms with Gasteiger partial charge in [-0.25, -0.2) is 0 Å². The molecule has 2 nitrogen and oxygen atoms in total. The van der Waals surface area contributed by atoms with E-state index in [1.165, 1.54) is 5.56 Å². The minimum atomic E-state index is 0.196. The van der Waals surface area contributed by atoms with Gasteiger partial charge in [0, 0.05) is 6.61 Å². The van der Waals surface area contributed by atoms with Crippen molar-refractivity contribution in [2.24, 2.45) is 5.92 Å². The molecule has 18 heavy (non-hydrogen) atoms. The van der Waals surface area contributed by atoms with Gasteiger partial charge in [0.15, 0.2) is 0 Å². The average molecular weight is 249 g/mol. The molecule has 2 atom stereocenters. The fourth-order valence-corrected chi connectivity index (χ4v) is 1.96. The van der Waals surface area contributed by atoms with Crippen molar-refractivity contribution in [2.45, 2.75) is 46.3 Å². The lowest BCUT2D eigenvalue weighted by molar-refractivity contribution is 0.0229. The molecule has 1 rings (SSSR count). The Bertz CT molecular complexity index is 310. The van der Waals surface area contributed by atoms with Gasteiger partial charge in [0.1, 0.15) is 0 Å². The van der Waals surface area contributed by atoms with Crippen LogP contribution in [0.4, 0.5) is 0 Å². The maximum absolute atomic E-state index is 5.95. The molecule has 0 heterocycles. The molecular weight excluding hydrogens is 222 g/mol. The van der Waals surface area contributed by atoms with Crippen LogP contribution in [-0.2, 0) is 4.74 Å². The zero-order chi connectivity index (χ0) is 13.4. The van der Waals surface area contributed by atoms with E-state index in [0.717, 1.165) is 19.6 Å². The number of ether oxygens (including phenoxy) is 1. The molecule has 0 aliphatic rings. The summed E-state index contributed by atoms with van der Waals surface area (Å²) in [5.74, 6) is 0.579. The third-order valence-corrected chi connectivity index (χ3v) is 2.93. The van der Waals surface area contributed by atoms with Crippen LogP contribution in [0.25, 0.3) is 0 Å². The maximum Gasteiger partial charge on any atom is 0.0741 e. The van der Waals surface area contributed by atoms with E-state index in [-0.39, 0.29) is 12.1 Å². The van der Waals surface area contributed by atoms with Crippen LogP contribution in [0.1, 0.15) is 45.7 Å². The summed E-state index contributed by atoms with van der Waals surface area (Å²) >= 11 is 0. The van der Waals surface area contributed by atoms with E-state index < -0.39 is 0 Å². The van der Waals surface area contributed by atoms with Crippen LogP contribution < -0.4 is 5.32 Å². The highest BCUT2D eigenvalue weighted by molar-refractivity contribution is 5.19. The second-order valence-corrected chi connectivity index (χ2v) is 5.27. The molecule has 1 N–H and O–H groups in total. The summed E-state index contributed by atoms with van der Waals surface area (Å²) in [4.78, 5) is 0. The van der Waals surface area contributed by atoms with E-state index in [1.54, 1.807) is 0 Å². The van der Waals surface area contributed by atoms with Crippen LogP contribution in [0, 0.1) is 5.92 Å². The van der Waals surface area contributed by atoms with Gasteiger partial charge in [-0.15, -0.1) is 0 Å². The summed E-state index contributed by atoms with van der Waals surface area (Å²) in [6.07, 6.45) is 1.33. The van der Waals surface area contributed by atoms with Gasteiger partial charge in [-0.2, -0.15) is 0 Å². The molecule has 0 aromatic heterocycles. The van der Waals surface area contributed by atoms with Crippen LogP contribution in [0.5, 0.6) is 0 Å². The fourth-order valence-electron chi connectivity index (χ4n) is 1.96. The maximum atomic E-state index is 5.95. The van der Waals surface area contributed by atoms with Crippen LogP contribution in [0.2, 0.25) is 0 Å². The van der Waals surface area contributed by atoms with E-state index in [1.807, 2.05) is 0 Å². The van der Waals surface area contributed by atoms with Gasteiger partial charge >= 0.3 is 0 Å². The standard InChI is InChI=1S/C16H27NO/c1-5-11-17-16(14(4)18-12-13(2)3)15-9-7-6-8-10-15/h6-10,13-14,16-17H,5,11-12H2,1-4H3. The third-order valence-electron chi connectivity index (χ3n) is 2.93. The molecule has 0 radical (unpaired) electrons. The molecule has 1 aromatic carbocycles. The van der Waals surface area contributed by atoms with Crippen molar-refractivity contribution in [3.05, 3.63) is 35.9 Å². The van der Waals surface area contributed by atoms with Gasteiger partial charge in [0.05, 0.1) is 12.1 Å². The highest BCUT2D eigenvalue weighted by Gasteiger charge is 2.19. The molecule has 0 aliphatic heterocycles. The number of benzene rings is 1. The zero-order valence-corrected chi connectivity index (χ0v) is 12.1. The lowest BCUT2D eigenvalue weighted by Crippen LogP contribution is -2.33. The number of rotatable bonds is 8. The Morgan fingerprint density at radius 1 is 1.11 bits per heavy atom. The molecule has 0 bridgehead atoms. The van der Waals surface area contributed by atoms with Crippen LogP contribution in [0.3, 0.4) is 0 Å². The van der Waals surface area contributed by atoms with E-state index in [0.29, 0.717) is 5.92 Å². The first-order valence-electron chi connectivity index (χ1n) is 7.05. The molecule has 2 heteroatoms. The Hall–Kier alpha value is -0.860. The SMILES string of the molecule is CCCNC(c1ccccc1)C(C)OCC(C)C. The number of hydrogen-bond acceptors (Lipinski definition) is 2. The smallest absolute Gasteiger partial charge is 0.0741 e. The van der Waals surface area contributed by atoms with Crippen molar-refractivity contribution in [2.75, 3.05) is 13.2 Å². The Morgan fingerprint density at radius 3 is 2.33 bits per heavy atom. The molecule has 0 spiro atoms. The molecule has 0 fully saturated rings. The van der Waals surface area contributed by atoms with E-state index >= 15 is 0 Å². The summed E-state index contributed by atoms with van der Waals surface area (Å²) in [5, 5.41) is 3.58. The van der Waals surface area contributed by atoms with Crippen molar-refractivity contribution in [3.63, 3.8) is 0 Å². The Morgan fingerprint density at radius 2 is 1.78 bits per heavy atom. The van der Waals surface area contributed by atoms with Gasteiger partial charge < -0.3 is 10.1 Å². The lowest BCUT2D eigenvalue weighted by atomic mass is 10.0. The molecule has 1 aromatic rings. The molecule has 0 amide bonds. The minimum Gasteiger partial charge on any atom is -0.376 e. The second kappa shape index (κ2) is 8.28. The Labute approximate surface area is 112 Å². The molecule has 0 aliphatic carbocycles. The van der Waals surface area contributed by atoms with Crippen molar-refractivity contribution >= 4 is 0 Å². The summed E-state index contributed by atoms with van der Waals surface area (Å²) in [7, 11) is 0. The van der Waals surface area contributed by atoms with Gasteiger partial charge in [0.25, 0.3) is 0 Å². The highest BCUT2D eigenvalue weighted by atomic mass is 16.5. The van der Waals surface area contributed by atoms with Gasteiger partial charge in [-0.3, -0.25) is 0 Å². The van der Waals surface area contributed by atoms with Gasteiger partial charge in [0.2, 0.25) is 0 Å². The predicted octanol–water partition coefficient (Wildman–Crippen LogP) is 3.79. The Balaban J connectivity index is 2.65. The number of nitrogens with one attached hydrogen (secondary N) is 1. The average Bonchev–Trinajstić information content (AvgIpc) is 2.38. The van der Waals surface area contributed by atoms with E-state index in [9.17, 15) is 0 Å². The number of hydrogen-bond donors (Lipinski definition) is 1. The Kier molecular flexibility index (Phi) is 6.99. The second-order valence-electron chi connectivity index (χ2n) is 5.27. The van der Waals surface area contributed by atoms with E-state index in [4.69, 9.17) is 4.74 Å². The fraction of sp³-hybridized carbons (Fsp3) is 0.625. The van der Waals surface area contributed by atoms with Crippen molar-refractivity contribution in [3.8, 4) is 0 Å². The lowest BCUT2D eigenvalue weighted by Gasteiger charge is -2.26. The van der Waals surface area contributed by atoms with Crippen molar-refractivity contribution in [1.29, 1.82) is 0 Å². The summed E-state index contributed by atoms with van der Waals surface area (Å²) < 4.78 is 5.95. The first kappa shape index (κ1) is 15.2. The third kappa shape index (κ3) is 5.19. The highest BCUT2D eigenvalue weighted by Crippen LogP contribution is 2.19. The molecule has 2 unspecified atom stereocenters. The van der Waals surface area contributed by atoms with Crippen LogP contribution >= 0.6 is 0 Å². The van der Waals surface area contributed by atoms with E-state index in [2.05, 4.69) is 63.3 Å². The van der Waals surface area contributed by atoms with Gasteiger partial charge in [-0.05, 0) is 31.4 Å². The molecule has 102 valence electrons. The van der Waals surface area contributed by atoms with Crippen molar-refractivity contribution in [1.82, 2.24) is 5.32 Å². The topological polar surface area (TPSA) is 21.3 Å². The summed E-state index contributed by atoms with van der Waals surface area (Å²) in [6, 6.07) is 10.9. The van der Waals surface area contributed by atoms with Crippen LogP contribution in [0.15, 0.2) is 30.3 Å². The quantitative estimate of drug-likeness (QED) is 0.757. The zero-order valence-electron chi connectivity index (χ0n) is 12.1. The minimum absolute atomic E-state index is 0.196. The summed E-state index contributed by atoms with van der Waals surface area (Å²) in [6.45, 7) is 10.6. The first-order chi connectivity index (χ1) is 8.65. The summed E-state index contributed by atoms with van der Waals surface area (Å²) in [5.41, 5.74) is 1.31. The first-order valence-corrected chi connectivity index (χ1v) is 7.05. The van der Waals surface area contributed by atoms with Gasteiger partial charge in [-0.1, -0.05) is 51.1 Å². The molecule has 0 saturated carbocycles. The predicted molar refractivity (Wildman–Crippen MR) is 77.7 cm³/mol. The largest absolute Gasteiger partial charge is 0.376 e. The molecule has 0 saturated heterocycles. The normalized spacial score (nSPS) is 14.7.